The minimum Gasteiger partial charge on any atom is -0.457 e. The maximum Gasteiger partial charge on any atom is 0.133 e. The van der Waals surface area contributed by atoms with Crippen LogP contribution >= 0.6 is 0 Å². The van der Waals surface area contributed by atoms with Gasteiger partial charge in [0.15, 0.2) is 0 Å². The molecular weight excluding hydrogens is 641 g/mol. The van der Waals surface area contributed by atoms with Crippen molar-refractivity contribution in [3.8, 4) is 57.1 Å². The minimum absolute atomic E-state index is 0.781. The summed E-state index contributed by atoms with van der Waals surface area (Å²) in [5.74, 6) is 6.52. The van der Waals surface area contributed by atoms with Crippen molar-refractivity contribution in [2.24, 2.45) is 0 Å². The third-order valence-corrected chi connectivity index (χ3v) is 9.23. The van der Waals surface area contributed by atoms with Crippen LogP contribution in [0.4, 0.5) is 0 Å². The number of hydrogen-bond donors (Lipinski definition) is 0. The number of ether oxygens (including phenoxy) is 4. The summed E-state index contributed by atoms with van der Waals surface area (Å²) in [5.41, 5.74) is 12.7. The average molecular weight is 687 g/mol. The first-order valence-corrected chi connectivity index (χ1v) is 17.5. The van der Waals surface area contributed by atoms with Gasteiger partial charge < -0.3 is 18.9 Å². The molecule has 0 spiro atoms. The molecular formula is C48H46O4. The molecule has 0 atom stereocenters. The summed E-state index contributed by atoms with van der Waals surface area (Å²) in [5, 5.41) is 0. The van der Waals surface area contributed by atoms with Crippen LogP contribution in [0.25, 0.3) is 23.3 Å². The van der Waals surface area contributed by atoms with Crippen LogP contribution < -0.4 is 18.9 Å². The van der Waals surface area contributed by atoms with E-state index in [0.29, 0.717) is 0 Å². The molecule has 0 aliphatic carbocycles. The van der Waals surface area contributed by atoms with Crippen molar-refractivity contribution in [3.63, 3.8) is 0 Å². The van der Waals surface area contributed by atoms with Crippen molar-refractivity contribution in [1.29, 1.82) is 0 Å². The SMILES string of the molecule is C=Cc1ccc(Oc2c(C)cc(Oc3c(C)cc(-c4cc(C)c(Oc5cc(C)c(Oc6ccc(C=C)cc6)c(C)c5)c(C)c4)cc3C)cc2C)cc1. The van der Waals surface area contributed by atoms with Crippen molar-refractivity contribution in [3.05, 3.63) is 166 Å². The van der Waals surface area contributed by atoms with Gasteiger partial charge in [-0.25, -0.2) is 0 Å². The van der Waals surface area contributed by atoms with Gasteiger partial charge in [0.05, 0.1) is 0 Å². The van der Waals surface area contributed by atoms with Crippen molar-refractivity contribution >= 4 is 12.2 Å². The Balaban J connectivity index is 1.19. The highest BCUT2D eigenvalue weighted by Gasteiger charge is 2.16. The molecule has 0 saturated carbocycles. The van der Waals surface area contributed by atoms with Crippen LogP contribution in [0.3, 0.4) is 0 Å². The van der Waals surface area contributed by atoms with E-state index >= 15 is 0 Å². The van der Waals surface area contributed by atoms with E-state index in [-0.39, 0.29) is 0 Å². The second-order valence-corrected chi connectivity index (χ2v) is 13.6. The summed E-state index contributed by atoms with van der Waals surface area (Å²) in [7, 11) is 0. The highest BCUT2D eigenvalue weighted by molar-refractivity contribution is 5.71. The zero-order valence-corrected chi connectivity index (χ0v) is 31.4. The molecule has 0 N–H and O–H groups in total. The van der Waals surface area contributed by atoms with Gasteiger partial charge in [-0.1, -0.05) is 49.6 Å². The van der Waals surface area contributed by atoms with Crippen molar-refractivity contribution in [2.45, 2.75) is 55.4 Å². The summed E-state index contributed by atoms with van der Waals surface area (Å²) in [6, 6.07) is 32.7. The highest BCUT2D eigenvalue weighted by atomic mass is 16.5. The second kappa shape index (κ2) is 15.1. The van der Waals surface area contributed by atoms with Gasteiger partial charge >= 0.3 is 0 Å². The lowest BCUT2D eigenvalue weighted by molar-refractivity contribution is 0.459. The van der Waals surface area contributed by atoms with Crippen molar-refractivity contribution in [1.82, 2.24) is 0 Å². The van der Waals surface area contributed by atoms with Gasteiger partial charge in [0.2, 0.25) is 0 Å². The molecule has 0 saturated heterocycles. The molecule has 6 rings (SSSR count). The summed E-state index contributed by atoms with van der Waals surface area (Å²) < 4.78 is 25.6. The Bertz CT molecular complexity index is 2040. The molecule has 4 heteroatoms. The third-order valence-electron chi connectivity index (χ3n) is 9.23. The summed E-state index contributed by atoms with van der Waals surface area (Å²) in [6.45, 7) is 24.2. The first-order valence-electron chi connectivity index (χ1n) is 17.5. The standard InChI is InChI=1S/C48H46O4/c1-11-37-13-17-41(18-14-37)49-47-33(7)25-43(26-34(47)8)51-45-29(3)21-39(22-30(45)4)40-23-31(5)46(32(6)24-40)52-44-27-35(9)48(36(10)28-44)50-42-19-15-38(12-2)16-20-42/h11-28H,1-2H2,3-10H3. The normalized spacial score (nSPS) is 10.8. The molecule has 0 bridgehead atoms. The molecule has 0 heterocycles. The molecule has 6 aromatic carbocycles. The Hall–Kier alpha value is -6.00. The van der Waals surface area contributed by atoms with Gasteiger partial charge in [0.25, 0.3) is 0 Å². The largest absolute Gasteiger partial charge is 0.457 e. The molecule has 0 radical (unpaired) electrons. The second-order valence-electron chi connectivity index (χ2n) is 13.6. The maximum atomic E-state index is 6.53. The quantitative estimate of drug-likeness (QED) is 0.136. The Labute approximate surface area is 308 Å². The summed E-state index contributed by atoms with van der Waals surface area (Å²) in [6.07, 6.45) is 3.64. The van der Waals surface area contributed by atoms with Crippen molar-refractivity contribution in [2.75, 3.05) is 0 Å². The van der Waals surface area contributed by atoms with Gasteiger partial charge in [-0.05, 0) is 195 Å². The van der Waals surface area contributed by atoms with Gasteiger partial charge in [-0.3, -0.25) is 0 Å². The Morgan fingerprint density at radius 1 is 0.327 bits per heavy atom. The fraction of sp³-hybridized carbons (Fsp3) is 0.167. The first kappa shape index (κ1) is 35.8. The summed E-state index contributed by atoms with van der Waals surface area (Å²) in [4.78, 5) is 0. The fourth-order valence-electron chi connectivity index (χ4n) is 6.63. The number of rotatable bonds is 11. The van der Waals surface area contributed by atoms with Crippen LogP contribution in [0.5, 0.6) is 46.0 Å². The Kier molecular flexibility index (Phi) is 10.4. The molecule has 0 aliphatic rings. The van der Waals surface area contributed by atoms with Crippen LogP contribution in [0.1, 0.15) is 55.6 Å². The molecule has 6 aromatic rings. The Morgan fingerprint density at radius 2 is 0.558 bits per heavy atom. The molecule has 0 aromatic heterocycles. The lowest BCUT2D eigenvalue weighted by Crippen LogP contribution is -1.97. The van der Waals surface area contributed by atoms with E-state index in [4.69, 9.17) is 18.9 Å². The number of hydrogen-bond acceptors (Lipinski definition) is 4. The third kappa shape index (κ3) is 7.82. The van der Waals surface area contributed by atoms with Crippen molar-refractivity contribution < 1.29 is 18.9 Å². The molecule has 0 unspecified atom stereocenters. The summed E-state index contributed by atoms with van der Waals surface area (Å²) >= 11 is 0. The average Bonchev–Trinajstić information content (AvgIpc) is 3.11. The molecule has 52 heavy (non-hydrogen) atoms. The van der Waals surface area contributed by atoms with Gasteiger partial charge in [-0.15, -0.1) is 0 Å². The van der Waals surface area contributed by atoms with E-state index in [1.165, 1.54) is 0 Å². The van der Waals surface area contributed by atoms with Gasteiger partial charge in [0, 0.05) is 0 Å². The smallest absolute Gasteiger partial charge is 0.133 e. The first-order chi connectivity index (χ1) is 24.9. The van der Waals surface area contributed by atoms with Crippen LogP contribution in [-0.4, -0.2) is 0 Å². The maximum absolute atomic E-state index is 6.53. The van der Waals surface area contributed by atoms with E-state index in [2.05, 4.69) is 65.1 Å². The highest BCUT2D eigenvalue weighted by Crippen LogP contribution is 2.40. The minimum atomic E-state index is 0.781. The predicted octanol–water partition coefficient (Wildman–Crippen LogP) is 14.3. The van der Waals surface area contributed by atoms with E-state index in [9.17, 15) is 0 Å². The van der Waals surface area contributed by atoms with Crippen LogP contribution in [0.2, 0.25) is 0 Å². The Morgan fingerprint density at radius 3 is 0.808 bits per heavy atom. The lowest BCUT2D eigenvalue weighted by Gasteiger charge is -2.19. The molecule has 262 valence electrons. The molecule has 4 nitrogen and oxygen atoms in total. The fourth-order valence-corrected chi connectivity index (χ4v) is 6.63. The van der Waals surface area contributed by atoms with Crippen LogP contribution in [-0.2, 0) is 0 Å². The lowest BCUT2D eigenvalue weighted by atomic mass is 9.96. The van der Waals surface area contributed by atoms with Crippen LogP contribution in [0.15, 0.2) is 110 Å². The van der Waals surface area contributed by atoms with Gasteiger partial charge in [-0.2, -0.15) is 0 Å². The van der Waals surface area contributed by atoms with E-state index in [0.717, 1.165) is 113 Å². The number of aryl methyl sites for hydroxylation is 8. The number of benzene rings is 6. The van der Waals surface area contributed by atoms with E-state index in [1.54, 1.807) is 0 Å². The van der Waals surface area contributed by atoms with Crippen LogP contribution in [0, 0.1) is 55.4 Å². The predicted molar refractivity (Wildman–Crippen MR) is 216 cm³/mol. The molecule has 0 aliphatic heterocycles. The topological polar surface area (TPSA) is 36.9 Å². The van der Waals surface area contributed by atoms with E-state index in [1.807, 2.05) is 113 Å². The monoisotopic (exact) mass is 686 g/mol. The van der Waals surface area contributed by atoms with E-state index < -0.39 is 0 Å². The molecule has 0 amide bonds. The molecule has 0 fully saturated rings. The van der Waals surface area contributed by atoms with Gasteiger partial charge in [0.1, 0.15) is 46.0 Å². The zero-order chi connectivity index (χ0) is 37.1. The zero-order valence-electron chi connectivity index (χ0n) is 31.4.